The number of hydrogen-bond donors (Lipinski definition) is 0. The Morgan fingerprint density at radius 2 is 1.83 bits per heavy atom. The molecule has 6 heteroatoms. The zero-order chi connectivity index (χ0) is 13.6. The van der Waals surface area contributed by atoms with Gasteiger partial charge in [0.05, 0.1) is 28.6 Å². The van der Waals surface area contributed by atoms with Gasteiger partial charge in [-0.3, -0.25) is 9.78 Å². The van der Waals surface area contributed by atoms with Gasteiger partial charge in [0.2, 0.25) is 0 Å². The van der Waals surface area contributed by atoms with E-state index < -0.39 is 24.1 Å². The molecule has 0 unspecified atom stereocenters. The highest BCUT2D eigenvalue weighted by molar-refractivity contribution is 6.61. The van der Waals surface area contributed by atoms with Gasteiger partial charge in [0.1, 0.15) is 0 Å². The van der Waals surface area contributed by atoms with Gasteiger partial charge >= 0.3 is 7.12 Å². The van der Waals surface area contributed by atoms with Crippen molar-refractivity contribution in [1.29, 1.82) is 0 Å². The molecule has 1 aromatic heterocycles. The maximum atomic E-state index is 13.2. The Hall–Kier alpha value is -1.27. The standard InChI is InChI=1S/C12H15BFNO3/c1-11(2)12(3,4)18-13(17-11)10-5-8(7-16)9(14)6-15-10/h5-7H,1-4H3. The van der Waals surface area contributed by atoms with Gasteiger partial charge in [0.15, 0.2) is 12.1 Å². The number of carbonyl (C=O) groups is 1. The molecule has 1 saturated heterocycles. The molecule has 0 aromatic carbocycles. The molecule has 4 nitrogen and oxygen atoms in total. The first-order chi connectivity index (χ1) is 8.27. The van der Waals surface area contributed by atoms with Crippen LogP contribution >= 0.6 is 0 Å². The van der Waals surface area contributed by atoms with E-state index in [2.05, 4.69) is 4.98 Å². The second kappa shape index (κ2) is 4.14. The van der Waals surface area contributed by atoms with Crippen molar-refractivity contribution in [2.75, 3.05) is 0 Å². The number of carbonyl (C=O) groups excluding carboxylic acids is 1. The van der Waals surface area contributed by atoms with Gasteiger partial charge in [-0.15, -0.1) is 0 Å². The Kier molecular flexibility index (Phi) is 3.03. The monoisotopic (exact) mass is 251 g/mol. The van der Waals surface area contributed by atoms with Crippen LogP contribution in [0.1, 0.15) is 38.1 Å². The predicted octanol–water partition coefficient (Wildman–Crippen LogP) is 1.33. The van der Waals surface area contributed by atoms with Crippen molar-refractivity contribution in [3.05, 3.63) is 23.6 Å². The minimum atomic E-state index is -0.686. The quantitative estimate of drug-likeness (QED) is 0.587. The van der Waals surface area contributed by atoms with E-state index in [0.29, 0.717) is 11.9 Å². The fourth-order valence-electron chi connectivity index (χ4n) is 1.65. The number of halogens is 1. The van der Waals surface area contributed by atoms with Gasteiger partial charge < -0.3 is 9.31 Å². The molecular formula is C12H15BFNO3. The lowest BCUT2D eigenvalue weighted by molar-refractivity contribution is 0.00578. The summed E-state index contributed by atoms with van der Waals surface area (Å²) in [5, 5.41) is 0. The minimum Gasteiger partial charge on any atom is -0.398 e. The lowest BCUT2D eigenvalue weighted by Gasteiger charge is -2.32. The van der Waals surface area contributed by atoms with Crippen molar-refractivity contribution in [2.24, 2.45) is 0 Å². The van der Waals surface area contributed by atoms with E-state index in [-0.39, 0.29) is 5.56 Å². The number of aromatic nitrogens is 1. The Labute approximate surface area is 106 Å². The smallest absolute Gasteiger partial charge is 0.398 e. The van der Waals surface area contributed by atoms with Crippen LogP contribution in [0.15, 0.2) is 12.3 Å². The van der Waals surface area contributed by atoms with E-state index >= 15 is 0 Å². The molecule has 2 heterocycles. The first-order valence-corrected chi connectivity index (χ1v) is 5.73. The zero-order valence-electron chi connectivity index (χ0n) is 10.9. The third kappa shape index (κ3) is 2.06. The van der Waals surface area contributed by atoms with Crippen molar-refractivity contribution in [3.63, 3.8) is 0 Å². The minimum absolute atomic E-state index is 0.0466. The average molecular weight is 251 g/mol. The Morgan fingerprint density at radius 1 is 1.28 bits per heavy atom. The maximum absolute atomic E-state index is 13.2. The number of hydrogen-bond acceptors (Lipinski definition) is 4. The molecule has 0 N–H and O–H groups in total. The summed E-state index contributed by atoms with van der Waals surface area (Å²) < 4.78 is 24.7. The maximum Gasteiger partial charge on any atom is 0.514 e. The molecule has 0 amide bonds. The van der Waals surface area contributed by atoms with E-state index in [9.17, 15) is 9.18 Å². The van der Waals surface area contributed by atoms with Crippen LogP contribution in [-0.2, 0) is 9.31 Å². The Bertz CT molecular complexity index is 474. The second-order valence-corrected chi connectivity index (χ2v) is 5.34. The molecule has 1 aliphatic rings. The van der Waals surface area contributed by atoms with Crippen LogP contribution in [0.25, 0.3) is 0 Å². The topological polar surface area (TPSA) is 48.4 Å². The van der Waals surface area contributed by atoms with Crippen LogP contribution in [0.2, 0.25) is 0 Å². The summed E-state index contributed by atoms with van der Waals surface area (Å²) in [7, 11) is -0.686. The largest absolute Gasteiger partial charge is 0.514 e. The summed E-state index contributed by atoms with van der Waals surface area (Å²) >= 11 is 0. The van der Waals surface area contributed by atoms with Crippen molar-refractivity contribution in [2.45, 2.75) is 38.9 Å². The second-order valence-electron chi connectivity index (χ2n) is 5.34. The molecule has 2 rings (SSSR count). The molecule has 1 fully saturated rings. The molecule has 1 aromatic rings. The molecule has 0 spiro atoms. The van der Waals surface area contributed by atoms with Crippen LogP contribution in [-0.4, -0.2) is 29.6 Å². The van der Waals surface area contributed by atoms with Gasteiger partial charge in [-0.2, -0.15) is 0 Å². The molecule has 0 saturated carbocycles. The van der Waals surface area contributed by atoms with Gasteiger partial charge in [0.25, 0.3) is 0 Å². The molecule has 0 atom stereocenters. The average Bonchev–Trinajstić information content (AvgIpc) is 2.49. The zero-order valence-corrected chi connectivity index (χ0v) is 10.9. The van der Waals surface area contributed by atoms with Gasteiger partial charge in [-0.1, -0.05) is 0 Å². The first-order valence-electron chi connectivity index (χ1n) is 5.73. The first kappa shape index (κ1) is 13.2. The lowest BCUT2D eigenvalue weighted by Crippen LogP contribution is -2.41. The summed E-state index contributed by atoms with van der Waals surface area (Å²) in [6, 6.07) is 1.35. The normalized spacial score (nSPS) is 21.1. The summed E-state index contributed by atoms with van der Waals surface area (Å²) in [6.07, 6.45) is 1.45. The molecule has 1 aliphatic heterocycles. The van der Waals surface area contributed by atoms with Crippen LogP contribution < -0.4 is 5.59 Å². The number of nitrogens with zero attached hydrogens (tertiary/aromatic N) is 1. The highest BCUT2D eigenvalue weighted by atomic mass is 19.1. The molecular weight excluding hydrogens is 236 g/mol. The predicted molar refractivity (Wildman–Crippen MR) is 65.3 cm³/mol. The number of aldehydes is 1. The van der Waals surface area contributed by atoms with Crippen LogP contribution in [0.5, 0.6) is 0 Å². The summed E-state index contributed by atoms with van der Waals surface area (Å²) in [6.45, 7) is 7.66. The summed E-state index contributed by atoms with van der Waals surface area (Å²) in [5.41, 5.74) is -0.628. The molecule has 18 heavy (non-hydrogen) atoms. The van der Waals surface area contributed by atoms with E-state index in [4.69, 9.17) is 9.31 Å². The van der Waals surface area contributed by atoms with Crippen LogP contribution in [0, 0.1) is 5.82 Å². The fraction of sp³-hybridized carbons (Fsp3) is 0.500. The fourth-order valence-corrected chi connectivity index (χ4v) is 1.65. The van der Waals surface area contributed by atoms with Crippen molar-refractivity contribution in [3.8, 4) is 0 Å². The van der Waals surface area contributed by atoms with E-state index in [0.717, 1.165) is 6.20 Å². The molecule has 96 valence electrons. The Morgan fingerprint density at radius 3 is 2.33 bits per heavy atom. The third-order valence-corrected chi connectivity index (χ3v) is 3.53. The number of pyridine rings is 1. The highest BCUT2D eigenvalue weighted by Gasteiger charge is 2.52. The van der Waals surface area contributed by atoms with Crippen LogP contribution in [0.3, 0.4) is 0 Å². The highest BCUT2D eigenvalue weighted by Crippen LogP contribution is 2.36. The SMILES string of the molecule is CC1(C)OB(c2cc(C=O)c(F)cn2)OC1(C)C. The van der Waals surface area contributed by atoms with Gasteiger partial charge in [0, 0.05) is 0 Å². The molecule has 0 aliphatic carbocycles. The lowest BCUT2D eigenvalue weighted by atomic mass is 9.83. The Balaban J connectivity index is 2.32. The van der Waals surface area contributed by atoms with Gasteiger partial charge in [-0.25, -0.2) is 4.39 Å². The number of rotatable bonds is 2. The van der Waals surface area contributed by atoms with Gasteiger partial charge in [-0.05, 0) is 33.8 Å². The third-order valence-electron chi connectivity index (χ3n) is 3.53. The molecule has 0 radical (unpaired) electrons. The van der Waals surface area contributed by atoms with E-state index in [1.165, 1.54) is 6.07 Å². The van der Waals surface area contributed by atoms with E-state index in [1.54, 1.807) is 0 Å². The van der Waals surface area contributed by atoms with Crippen LogP contribution in [0.4, 0.5) is 4.39 Å². The summed E-state index contributed by atoms with van der Waals surface area (Å²) in [5.74, 6) is -0.648. The van der Waals surface area contributed by atoms with Crippen molar-refractivity contribution >= 4 is 19.0 Å². The molecule has 0 bridgehead atoms. The van der Waals surface area contributed by atoms with Crippen molar-refractivity contribution < 1.29 is 18.5 Å². The van der Waals surface area contributed by atoms with Crippen molar-refractivity contribution in [1.82, 2.24) is 4.98 Å². The summed E-state index contributed by atoms with van der Waals surface area (Å²) in [4.78, 5) is 14.6. The van der Waals surface area contributed by atoms with E-state index in [1.807, 2.05) is 27.7 Å².